The van der Waals surface area contributed by atoms with Crippen LogP contribution in [0.4, 0.5) is 0 Å². The van der Waals surface area contributed by atoms with Gasteiger partial charge in [0.1, 0.15) is 17.9 Å². The topological polar surface area (TPSA) is 43.8 Å². The van der Waals surface area contributed by atoms with Crippen molar-refractivity contribution in [3.63, 3.8) is 0 Å². The number of hydrogen-bond acceptors (Lipinski definition) is 7. The SMILES string of the molecule is CCN(CC)CCO/N=C1/[C@H](N(N2CCCCC2)N2CCCCC2)[C@H]2CC[C@]1(C)OC2(C)C. The van der Waals surface area contributed by atoms with Crippen LogP contribution < -0.4 is 0 Å². The van der Waals surface area contributed by atoms with E-state index in [0.717, 1.165) is 57.9 Å². The van der Waals surface area contributed by atoms with Crippen molar-refractivity contribution in [1.29, 1.82) is 0 Å². The van der Waals surface area contributed by atoms with Crippen LogP contribution in [-0.4, -0.2) is 95.4 Å². The first-order valence-corrected chi connectivity index (χ1v) is 13.8. The van der Waals surface area contributed by atoms with Crippen molar-refractivity contribution in [3.8, 4) is 0 Å². The Balaban J connectivity index is 1.64. The minimum absolute atomic E-state index is 0.165. The molecule has 4 heterocycles. The normalized spacial score (nSPS) is 34.5. The third-order valence-electron chi connectivity index (χ3n) is 8.57. The maximum Gasteiger partial charge on any atom is 0.129 e. The summed E-state index contributed by atoms with van der Waals surface area (Å²) < 4.78 is 6.76. The number of oxime groups is 1. The maximum absolute atomic E-state index is 6.76. The van der Waals surface area contributed by atoms with Gasteiger partial charge in [0, 0.05) is 38.6 Å². The molecule has 4 aliphatic heterocycles. The number of likely N-dealkylation sites (N-methyl/N-ethyl adjacent to an activating group) is 1. The Morgan fingerprint density at radius 2 is 1.52 bits per heavy atom. The molecule has 0 N–H and O–H groups in total. The number of ether oxygens (including phenoxy) is 1. The average Bonchev–Trinajstić information content (AvgIpc) is 2.81. The lowest BCUT2D eigenvalue weighted by molar-refractivity contribution is -0.267. The summed E-state index contributed by atoms with van der Waals surface area (Å²) in [5.41, 5.74) is 0.595. The molecule has 5 fully saturated rings. The molecule has 0 unspecified atom stereocenters. The van der Waals surface area contributed by atoms with Gasteiger partial charge >= 0.3 is 0 Å². The highest BCUT2D eigenvalue weighted by atomic mass is 16.6. The van der Waals surface area contributed by atoms with Crippen LogP contribution in [0, 0.1) is 5.92 Å². The molecule has 190 valence electrons. The van der Waals surface area contributed by atoms with Gasteiger partial charge in [0.2, 0.25) is 0 Å². The summed E-state index contributed by atoms with van der Waals surface area (Å²) in [5.74, 6) is 0.410. The van der Waals surface area contributed by atoms with Crippen LogP contribution in [0.3, 0.4) is 0 Å². The predicted octanol–water partition coefficient (Wildman–Crippen LogP) is 4.15. The van der Waals surface area contributed by atoms with E-state index >= 15 is 0 Å². The lowest BCUT2D eigenvalue weighted by Gasteiger charge is -2.62. The van der Waals surface area contributed by atoms with Gasteiger partial charge < -0.3 is 14.5 Å². The Hall–Kier alpha value is -0.730. The Morgan fingerprint density at radius 3 is 2.03 bits per heavy atom. The second kappa shape index (κ2) is 10.9. The van der Waals surface area contributed by atoms with Gasteiger partial charge in [-0.05, 0) is 72.4 Å². The second-order valence-electron chi connectivity index (χ2n) is 11.2. The number of hydrazine groups is 2. The first kappa shape index (κ1) is 25.4. The summed E-state index contributed by atoms with van der Waals surface area (Å²) in [4.78, 5) is 8.44. The molecule has 33 heavy (non-hydrogen) atoms. The molecule has 0 amide bonds. The van der Waals surface area contributed by atoms with Gasteiger partial charge in [-0.15, -0.1) is 0 Å². The third-order valence-corrected chi connectivity index (χ3v) is 8.57. The Morgan fingerprint density at radius 1 is 0.939 bits per heavy atom. The van der Waals surface area contributed by atoms with Crippen molar-refractivity contribution in [3.05, 3.63) is 0 Å². The smallest absolute Gasteiger partial charge is 0.129 e. The van der Waals surface area contributed by atoms with E-state index in [1.54, 1.807) is 0 Å². The molecule has 7 heteroatoms. The van der Waals surface area contributed by atoms with Gasteiger partial charge in [0.15, 0.2) is 0 Å². The Kier molecular flexibility index (Phi) is 8.38. The van der Waals surface area contributed by atoms with Crippen LogP contribution in [0.2, 0.25) is 0 Å². The maximum atomic E-state index is 6.76. The highest BCUT2D eigenvalue weighted by Gasteiger charge is 2.61. The standard InChI is InChI=1S/C26H49N5O2/c1-6-28(7-2)20-21-32-27-24-23(22-14-15-26(24,5)33-25(22,3)4)31(29-16-10-8-11-17-29)30-18-12-9-13-19-30/h22-23H,6-21H2,1-5H3/b27-24-/t22-,23-,26+/m1/s1. The van der Waals surface area contributed by atoms with Gasteiger partial charge in [0.05, 0.1) is 11.6 Å². The van der Waals surface area contributed by atoms with E-state index in [4.69, 9.17) is 14.7 Å². The van der Waals surface area contributed by atoms with Crippen LogP contribution in [0.25, 0.3) is 0 Å². The fourth-order valence-corrected chi connectivity index (χ4v) is 6.65. The van der Waals surface area contributed by atoms with Crippen LogP contribution in [0.1, 0.15) is 86.0 Å². The van der Waals surface area contributed by atoms with E-state index in [2.05, 4.69) is 54.7 Å². The quantitative estimate of drug-likeness (QED) is 0.378. The molecule has 7 nitrogen and oxygen atoms in total. The van der Waals surface area contributed by atoms with Gasteiger partial charge in [-0.1, -0.05) is 31.8 Å². The molecule has 3 atom stereocenters. The fourth-order valence-electron chi connectivity index (χ4n) is 6.65. The molecule has 0 radical (unpaired) electrons. The van der Waals surface area contributed by atoms with E-state index in [1.165, 1.54) is 44.9 Å². The monoisotopic (exact) mass is 463 g/mol. The molecule has 4 saturated heterocycles. The number of rotatable bonds is 9. The predicted molar refractivity (Wildman–Crippen MR) is 134 cm³/mol. The minimum atomic E-state index is -0.359. The molecule has 1 saturated carbocycles. The van der Waals surface area contributed by atoms with E-state index in [0.29, 0.717) is 12.5 Å². The molecule has 5 aliphatic rings. The largest absolute Gasteiger partial charge is 0.394 e. The summed E-state index contributed by atoms with van der Waals surface area (Å²) in [5, 5.41) is 12.9. The Labute approximate surface area is 202 Å². The average molecular weight is 464 g/mol. The van der Waals surface area contributed by atoms with Crippen LogP contribution >= 0.6 is 0 Å². The van der Waals surface area contributed by atoms with Gasteiger partial charge in [-0.25, -0.2) is 10.0 Å². The number of piperidine rings is 2. The van der Waals surface area contributed by atoms with Crippen molar-refractivity contribution in [1.82, 2.24) is 20.0 Å². The molecule has 0 aromatic heterocycles. The number of fused-ring (bicyclic) bond motifs is 3. The molecule has 2 bridgehead atoms. The van der Waals surface area contributed by atoms with Crippen LogP contribution in [0.5, 0.6) is 0 Å². The van der Waals surface area contributed by atoms with Crippen molar-refractivity contribution >= 4 is 5.71 Å². The van der Waals surface area contributed by atoms with E-state index in [1.807, 2.05) is 0 Å². The summed E-state index contributed by atoms with van der Waals surface area (Å²) in [6.45, 7) is 19.5. The molecule has 0 aromatic carbocycles. The number of hydrogen-bond donors (Lipinski definition) is 0. The molecule has 0 aromatic rings. The van der Waals surface area contributed by atoms with Gasteiger partial charge in [-0.2, -0.15) is 5.12 Å². The lowest BCUT2D eigenvalue weighted by Crippen LogP contribution is -2.74. The van der Waals surface area contributed by atoms with Crippen molar-refractivity contribution in [2.45, 2.75) is 103 Å². The first-order chi connectivity index (χ1) is 15.9. The molecular weight excluding hydrogens is 414 g/mol. The molecule has 5 rings (SSSR count). The molecule has 1 aliphatic carbocycles. The molecule has 0 spiro atoms. The zero-order valence-electron chi connectivity index (χ0n) is 22.0. The summed E-state index contributed by atoms with van der Waals surface area (Å²) in [7, 11) is 0. The van der Waals surface area contributed by atoms with Crippen LogP contribution in [-0.2, 0) is 9.57 Å². The van der Waals surface area contributed by atoms with E-state index < -0.39 is 0 Å². The second-order valence-corrected chi connectivity index (χ2v) is 11.2. The lowest BCUT2D eigenvalue weighted by atomic mass is 9.64. The van der Waals surface area contributed by atoms with Crippen molar-refractivity contribution in [2.75, 3.05) is 52.4 Å². The summed E-state index contributed by atoms with van der Waals surface area (Å²) >= 11 is 0. The van der Waals surface area contributed by atoms with Crippen LogP contribution in [0.15, 0.2) is 5.16 Å². The zero-order chi connectivity index (χ0) is 23.5. The van der Waals surface area contributed by atoms with Crippen molar-refractivity contribution < 1.29 is 9.57 Å². The zero-order valence-corrected chi connectivity index (χ0v) is 22.0. The number of nitrogens with zero attached hydrogens (tertiary/aromatic N) is 5. The Bertz CT molecular complexity index is 637. The summed E-state index contributed by atoms with van der Waals surface area (Å²) in [6.07, 6.45) is 10.0. The van der Waals surface area contributed by atoms with Crippen molar-refractivity contribution in [2.24, 2.45) is 11.1 Å². The summed E-state index contributed by atoms with van der Waals surface area (Å²) in [6, 6.07) is 0.220. The fraction of sp³-hybridized carbons (Fsp3) is 0.962. The first-order valence-electron chi connectivity index (χ1n) is 13.8. The van der Waals surface area contributed by atoms with E-state index in [9.17, 15) is 0 Å². The van der Waals surface area contributed by atoms with E-state index in [-0.39, 0.29) is 17.2 Å². The highest BCUT2D eigenvalue weighted by molar-refractivity contribution is 5.98. The molecular formula is C26H49N5O2. The third kappa shape index (κ3) is 5.43. The highest BCUT2D eigenvalue weighted by Crippen LogP contribution is 2.50. The minimum Gasteiger partial charge on any atom is -0.394 e. The van der Waals surface area contributed by atoms with Gasteiger partial charge in [0.25, 0.3) is 0 Å². The van der Waals surface area contributed by atoms with Gasteiger partial charge in [-0.3, -0.25) is 0 Å².